The number of hydrogen-bond acceptors (Lipinski definition) is 29. The number of likely N-dealkylation sites (N-methyl/N-ethyl adjacent to an activating group) is 4. The summed E-state index contributed by atoms with van der Waals surface area (Å²) in [6.45, 7) is 24.3. The van der Waals surface area contributed by atoms with E-state index in [2.05, 4.69) is 208 Å². The number of fused-ring (bicyclic) bond motifs is 2. The number of benzene rings is 8. The van der Waals surface area contributed by atoms with E-state index in [-0.39, 0.29) is 24.2 Å². The largest absolute Gasteiger partial charge is 0.493 e. The Bertz CT molecular complexity index is 5970. The standard InChI is InChI=1S/C28H37N5O2S.C25H30ClN5O3.C24H26ClN5O2.C23H24ClN5O2/c1-21(2)19-36(34,35)20-24-7-5-6-23(16-24)17-27-22(3)18-29-28(31-27)30-25-8-10-26(11-9-25)33-14-12-32(4)13-15-33;1-30-9-11-31(12-10-30)19-7-5-18(6-8-19)28-25-27-16-20(26)21(29-25)13-17-14-22(32-2)24(34-4)23(15-17)33-3;1-29-8-10-30(11-9-29)19-5-3-18(4-6-19)27-24-26-16-20(25)21(28-24)14-17-2-7-22-23(15-17)32-13-12-31-22;1-28-8-10-29(11-9-28)18-5-3-17(4-6-18)26-23-25-14-19(24)20(27-23)12-16-2-7-21-22(13-16)31-15-30-21/h5-11,16,18,21H,12-15,17,19-20H2,1-4H3,(H,29,30,31);5-8,14-16H,9-13H2,1-4H3,(H,27,28,29);2-7,15-16H,8-14H2,1H3,(H,26,27,28);2-7,13-14H,8-12,15H2,1H3,(H,25,26,27). The second-order valence-electron chi connectivity index (χ2n) is 34.3. The molecule has 10 heterocycles. The lowest BCUT2D eigenvalue weighted by Crippen LogP contribution is -2.44. The number of nitrogens with one attached hydrogen (secondary N) is 4. The van der Waals surface area contributed by atoms with Gasteiger partial charge in [-0.3, -0.25) is 0 Å². The quantitative estimate of drug-likeness (QED) is 0.0372. The number of piperazine rings is 4. The van der Waals surface area contributed by atoms with Gasteiger partial charge in [0.25, 0.3) is 0 Å². The lowest BCUT2D eigenvalue weighted by Gasteiger charge is -2.34. The Morgan fingerprint density at radius 2 is 0.692 bits per heavy atom. The molecule has 4 aromatic heterocycles. The third-order valence-electron chi connectivity index (χ3n) is 23.7. The molecule has 4 N–H and O–H groups in total. The number of sulfone groups is 1. The second-order valence-corrected chi connectivity index (χ2v) is 37.6. The van der Waals surface area contributed by atoms with Crippen molar-refractivity contribution < 1.29 is 41.6 Å². The third kappa shape index (κ3) is 26.8. The Hall–Kier alpha value is -12.3. The van der Waals surface area contributed by atoms with E-state index in [0.717, 1.165) is 201 Å². The predicted octanol–water partition coefficient (Wildman–Crippen LogP) is 16.6. The van der Waals surface area contributed by atoms with Crippen LogP contribution in [0.5, 0.6) is 40.2 Å². The highest BCUT2D eigenvalue weighted by atomic mass is 35.5. The molecule has 18 rings (SSSR count). The van der Waals surface area contributed by atoms with Gasteiger partial charge < -0.3 is 93.6 Å². The molecule has 0 aliphatic carbocycles. The molecule has 12 aromatic rings. The van der Waals surface area contributed by atoms with Gasteiger partial charge in [-0.15, -0.1) is 0 Å². The van der Waals surface area contributed by atoms with Crippen molar-refractivity contribution in [2.24, 2.45) is 5.92 Å². The van der Waals surface area contributed by atoms with Gasteiger partial charge >= 0.3 is 0 Å². The zero-order chi connectivity index (χ0) is 92.9. The minimum atomic E-state index is -3.13. The van der Waals surface area contributed by atoms with E-state index in [1.165, 1.54) is 22.7 Å². The van der Waals surface area contributed by atoms with Crippen LogP contribution in [0.4, 0.5) is 69.3 Å². The summed E-state index contributed by atoms with van der Waals surface area (Å²) in [4.78, 5) is 55.3. The van der Waals surface area contributed by atoms with Crippen LogP contribution < -0.4 is 74.0 Å². The second kappa shape index (κ2) is 45.4. The smallest absolute Gasteiger partial charge is 0.231 e. The third-order valence-corrected chi connectivity index (χ3v) is 26.6. The Morgan fingerprint density at radius 3 is 1.07 bits per heavy atom. The average Bonchev–Trinajstić information content (AvgIpc) is 1.78. The molecule has 8 aromatic carbocycles. The Balaban J connectivity index is 0.000000136. The van der Waals surface area contributed by atoms with Crippen LogP contribution in [-0.4, -0.2) is 248 Å². The maximum Gasteiger partial charge on any atom is 0.231 e. The van der Waals surface area contributed by atoms with Crippen molar-refractivity contribution in [2.45, 2.75) is 52.2 Å². The molecule has 0 amide bonds. The molecule has 6 aliphatic rings. The lowest BCUT2D eigenvalue weighted by molar-refractivity contribution is 0.171. The predicted molar refractivity (Wildman–Crippen MR) is 532 cm³/mol. The first-order chi connectivity index (χ1) is 64.4. The van der Waals surface area contributed by atoms with Crippen molar-refractivity contribution in [3.63, 3.8) is 0 Å². The maximum atomic E-state index is 12.4. The van der Waals surface area contributed by atoms with Gasteiger partial charge in [-0.05, 0) is 208 Å². The van der Waals surface area contributed by atoms with E-state index >= 15 is 0 Å². The molecule has 133 heavy (non-hydrogen) atoms. The number of aryl methyl sites for hydroxylation is 1. The summed E-state index contributed by atoms with van der Waals surface area (Å²) < 4.78 is 63.3. The molecule has 698 valence electrons. The summed E-state index contributed by atoms with van der Waals surface area (Å²) in [6.07, 6.45) is 8.98. The van der Waals surface area contributed by atoms with E-state index in [1.54, 1.807) is 39.9 Å². The van der Waals surface area contributed by atoms with Gasteiger partial charge in [-0.1, -0.05) is 85.0 Å². The highest BCUT2D eigenvalue weighted by molar-refractivity contribution is 7.90. The number of rotatable bonds is 27. The van der Waals surface area contributed by atoms with Crippen LogP contribution in [0.25, 0.3) is 0 Å². The number of halogens is 3. The molecule has 4 fully saturated rings. The molecule has 0 saturated carbocycles. The van der Waals surface area contributed by atoms with E-state index < -0.39 is 9.84 Å². The van der Waals surface area contributed by atoms with Gasteiger partial charge in [0.05, 0.1) is 89.3 Å². The zero-order valence-corrected chi connectivity index (χ0v) is 80.2. The minimum Gasteiger partial charge on any atom is -0.493 e. The molecule has 6 aliphatic heterocycles. The molecule has 0 atom stereocenters. The van der Waals surface area contributed by atoms with Crippen molar-refractivity contribution in [1.29, 1.82) is 0 Å². The van der Waals surface area contributed by atoms with Crippen LogP contribution in [0.1, 0.15) is 70.0 Å². The summed E-state index contributed by atoms with van der Waals surface area (Å²) >= 11 is 19.2. The zero-order valence-electron chi connectivity index (χ0n) is 77.1. The SMILES string of the molecule is CN1CCN(c2ccc(Nc3ncc(Cl)c(Cc4ccc5c(c4)OCCO5)n3)cc2)CC1.CN1CCN(c2ccc(Nc3ncc(Cl)c(Cc4ccc5c(c4)OCO5)n3)cc2)CC1.COc1cc(Cc2nc(Nc3ccc(N4CCN(C)CC4)cc3)ncc2Cl)cc(OC)c1OC.Cc1cnc(Nc2ccc(N3CCN(C)CC3)cc2)nc1Cc1cccc(CS(=O)(=O)CC(C)C)c1. The number of ether oxygens (including phenoxy) is 7. The Kier molecular flexibility index (Phi) is 32.6. The number of aromatic nitrogens is 8. The number of methoxy groups -OCH3 is 3. The Labute approximate surface area is 795 Å². The molecule has 0 spiro atoms. The van der Waals surface area contributed by atoms with Crippen LogP contribution in [0.2, 0.25) is 15.1 Å². The number of hydrogen-bond donors (Lipinski definition) is 4. The summed E-state index contributed by atoms with van der Waals surface area (Å²) in [5.41, 5.74) is 17.7. The van der Waals surface area contributed by atoms with Crippen LogP contribution in [-0.2, 0) is 41.3 Å². The molecule has 0 radical (unpaired) electrons. The van der Waals surface area contributed by atoms with Crippen molar-refractivity contribution in [3.05, 3.63) is 266 Å². The van der Waals surface area contributed by atoms with Crippen LogP contribution in [0.3, 0.4) is 0 Å². The molecule has 0 unspecified atom stereocenters. The number of nitrogens with zero attached hydrogens (tertiary/aromatic N) is 16. The molecule has 4 saturated heterocycles. The van der Waals surface area contributed by atoms with Gasteiger partial charge in [0.1, 0.15) is 13.2 Å². The molecule has 33 heteroatoms. The summed E-state index contributed by atoms with van der Waals surface area (Å²) in [6, 6.07) is 56.9. The fraction of sp³-hybridized carbons (Fsp3) is 0.360. The fourth-order valence-corrected chi connectivity index (χ4v) is 18.5. The highest BCUT2D eigenvalue weighted by Crippen LogP contribution is 2.41. The van der Waals surface area contributed by atoms with Crippen molar-refractivity contribution in [1.82, 2.24) is 59.5 Å². The molecular formula is C100H117Cl3N20O9S. The normalized spacial score (nSPS) is 15.2. The molecular weight excluding hydrogens is 1760 g/mol. The first-order valence-corrected chi connectivity index (χ1v) is 47.8. The topological polar surface area (TPSA) is 276 Å². The van der Waals surface area contributed by atoms with Crippen molar-refractivity contribution >= 4 is 114 Å². The van der Waals surface area contributed by atoms with Crippen LogP contribution in [0.15, 0.2) is 195 Å². The number of anilines is 12. The first kappa shape index (κ1) is 95.4. The minimum absolute atomic E-state index is 0.0682. The van der Waals surface area contributed by atoms with E-state index in [1.807, 2.05) is 112 Å². The summed E-state index contributed by atoms with van der Waals surface area (Å²) in [5.74, 6) is 7.24. The van der Waals surface area contributed by atoms with E-state index in [9.17, 15) is 8.42 Å². The average molecular weight is 1880 g/mol. The van der Waals surface area contributed by atoms with Crippen LogP contribution >= 0.6 is 34.8 Å². The van der Waals surface area contributed by atoms with E-state index in [4.69, 9.17) is 72.9 Å². The first-order valence-electron chi connectivity index (χ1n) is 44.9. The van der Waals surface area contributed by atoms with Crippen molar-refractivity contribution in [3.8, 4) is 40.2 Å². The monoisotopic (exact) mass is 1880 g/mol. The summed E-state index contributed by atoms with van der Waals surface area (Å²) in [7, 11) is 10.3. The maximum absolute atomic E-state index is 12.4. The van der Waals surface area contributed by atoms with E-state index in [0.29, 0.717) is 101 Å². The molecule has 0 bridgehead atoms. The van der Waals surface area contributed by atoms with Crippen LogP contribution in [0, 0.1) is 12.8 Å². The van der Waals surface area contributed by atoms with Crippen molar-refractivity contribution in [2.75, 3.05) is 221 Å². The molecule has 29 nitrogen and oxygen atoms in total. The van der Waals surface area contributed by atoms with Gasteiger partial charge in [0.2, 0.25) is 36.3 Å². The van der Waals surface area contributed by atoms with Gasteiger partial charge in [-0.2, -0.15) is 0 Å². The lowest BCUT2D eigenvalue weighted by atomic mass is 10.0. The Morgan fingerprint density at radius 1 is 0.368 bits per heavy atom. The van der Waals surface area contributed by atoms with Gasteiger partial charge in [0.15, 0.2) is 44.3 Å². The fourth-order valence-electron chi connectivity index (χ4n) is 16.2. The highest BCUT2D eigenvalue weighted by Gasteiger charge is 2.25. The van der Waals surface area contributed by atoms with Gasteiger partial charge in [0, 0.05) is 182 Å². The summed E-state index contributed by atoms with van der Waals surface area (Å²) in [5, 5.41) is 14.7. The van der Waals surface area contributed by atoms with Gasteiger partial charge in [-0.25, -0.2) is 48.3 Å².